The van der Waals surface area contributed by atoms with Crippen molar-refractivity contribution in [1.29, 1.82) is 0 Å². The maximum Gasteiger partial charge on any atom is 0.0446 e. The van der Waals surface area contributed by atoms with Gasteiger partial charge in [-0.2, -0.15) is 0 Å². The summed E-state index contributed by atoms with van der Waals surface area (Å²) in [5.41, 5.74) is 3.28. The summed E-state index contributed by atoms with van der Waals surface area (Å²) in [5.74, 6) is 0. The molecule has 0 aromatic heterocycles. The molecule has 1 aliphatic carbocycles. The predicted molar refractivity (Wildman–Crippen MR) is 91.6 cm³/mol. The first kappa shape index (κ1) is 16.5. The van der Waals surface area contributed by atoms with Gasteiger partial charge in [0.1, 0.15) is 0 Å². The molecule has 0 heterocycles. The number of hydrogen-bond acceptors (Lipinski definition) is 2. The van der Waals surface area contributed by atoms with E-state index < -0.39 is 0 Å². The number of aryl methyl sites for hydroxylation is 1. The van der Waals surface area contributed by atoms with Crippen LogP contribution in [0, 0.1) is 12.3 Å². The van der Waals surface area contributed by atoms with Crippen LogP contribution in [-0.4, -0.2) is 31.6 Å². The van der Waals surface area contributed by atoms with Crippen molar-refractivity contribution >= 4 is 0 Å². The summed E-state index contributed by atoms with van der Waals surface area (Å²) in [4.78, 5) is 2.57. The van der Waals surface area contributed by atoms with Crippen molar-refractivity contribution in [2.24, 2.45) is 5.41 Å². The van der Waals surface area contributed by atoms with Gasteiger partial charge in [0.05, 0.1) is 0 Å². The van der Waals surface area contributed by atoms with Crippen LogP contribution in [0.1, 0.15) is 56.7 Å². The normalized spacial score (nSPS) is 20.7. The molecule has 1 N–H and O–H groups in total. The molecule has 0 aliphatic heterocycles. The summed E-state index contributed by atoms with van der Waals surface area (Å²) in [6.45, 7) is 8.05. The first-order valence-corrected chi connectivity index (χ1v) is 8.35. The molecule has 1 aromatic rings. The Balaban J connectivity index is 1.94. The van der Waals surface area contributed by atoms with E-state index in [0.29, 0.717) is 11.5 Å². The summed E-state index contributed by atoms with van der Waals surface area (Å²) < 4.78 is 0. The second-order valence-corrected chi connectivity index (χ2v) is 7.59. The molecule has 1 aliphatic rings. The number of likely N-dealkylation sites (N-methyl/N-ethyl adjacent to an activating group) is 2. The van der Waals surface area contributed by atoms with Gasteiger partial charge in [-0.3, -0.25) is 0 Å². The zero-order chi connectivity index (χ0) is 15.5. The van der Waals surface area contributed by atoms with Crippen molar-refractivity contribution in [1.82, 2.24) is 10.2 Å². The van der Waals surface area contributed by atoms with Crippen LogP contribution in [0.5, 0.6) is 0 Å². The van der Waals surface area contributed by atoms with Crippen LogP contribution < -0.4 is 5.32 Å². The molecule has 1 unspecified atom stereocenters. The molecule has 0 saturated heterocycles. The molecular formula is C19H32N2. The lowest BCUT2D eigenvalue weighted by Gasteiger charge is -2.39. The van der Waals surface area contributed by atoms with E-state index in [1.165, 1.54) is 36.8 Å². The molecule has 21 heavy (non-hydrogen) atoms. The fourth-order valence-electron chi connectivity index (χ4n) is 3.42. The third kappa shape index (κ3) is 4.55. The Labute approximate surface area is 130 Å². The molecule has 1 aromatic carbocycles. The number of hydrogen-bond donors (Lipinski definition) is 1. The molecule has 0 bridgehead atoms. The maximum absolute atomic E-state index is 3.48. The van der Waals surface area contributed by atoms with Crippen molar-refractivity contribution < 1.29 is 0 Å². The van der Waals surface area contributed by atoms with Crippen molar-refractivity contribution in [3.8, 4) is 0 Å². The van der Waals surface area contributed by atoms with Gasteiger partial charge in [-0.25, -0.2) is 0 Å². The standard InChI is InChI=1S/C19H32N2/c1-15-6-8-16(9-7-15)18(20-4)14-21(5)17-10-12-19(2,3)13-11-17/h6-9,17-18,20H,10-14H2,1-5H3. The van der Waals surface area contributed by atoms with Crippen molar-refractivity contribution in [2.45, 2.75) is 58.5 Å². The third-order valence-electron chi connectivity index (χ3n) is 5.23. The number of nitrogens with one attached hydrogen (secondary N) is 1. The van der Waals surface area contributed by atoms with Gasteiger partial charge in [0.15, 0.2) is 0 Å². The zero-order valence-electron chi connectivity index (χ0n) is 14.4. The van der Waals surface area contributed by atoms with Crippen LogP contribution in [0.15, 0.2) is 24.3 Å². The van der Waals surface area contributed by atoms with E-state index in [-0.39, 0.29) is 0 Å². The van der Waals surface area contributed by atoms with Gasteiger partial charge >= 0.3 is 0 Å². The van der Waals surface area contributed by atoms with E-state index in [2.05, 4.69) is 69.3 Å². The molecule has 1 fully saturated rings. The average molecular weight is 288 g/mol. The van der Waals surface area contributed by atoms with Gasteiger partial charge in [-0.1, -0.05) is 43.7 Å². The van der Waals surface area contributed by atoms with Crippen molar-refractivity contribution in [3.05, 3.63) is 35.4 Å². The van der Waals surface area contributed by atoms with Gasteiger partial charge < -0.3 is 10.2 Å². The second kappa shape index (κ2) is 6.93. The number of nitrogens with zero attached hydrogens (tertiary/aromatic N) is 1. The monoisotopic (exact) mass is 288 g/mol. The summed E-state index contributed by atoms with van der Waals surface area (Å²) in [7, 11) is 4.36. The molecule has 1 atom stereocenters. The second-order valence-electron chi connectivity index (χ2n) is 7.59. The molecular weight excluding hydrogens is 256 g/mol. The molecule has 0 spiro atoms. The minimum absolute atomic E-state index is 0.422. The van der Waals surface area contributed by atoms with Crippen LogP contribution >= 0.6 is 0 Å². The lowest BCUT2D eigenvalue weighted by molar-refractivity contribution is 0.120. The average Bonchev–Trinajstić information content (AvgIpc) is 2.45. The molecule has 2 heteroatoms. The van der Waals surface area contributed by atoms with Crippen LogP contribution in [0.4, 0.5) is 0 Å². The molecule has 118 valence electrons. The predicted octanol–water partition coefficient (Wildman–Crippen LogP) is 4.16. The summed E-state index contributed by atoms with van der Waals surface area (Å²) in [5, 5.41) is 3.48. The topological polar surface area (TPSA) is 15.3 Å². The third-order valence-corrected chi connectivity index (χ3v) is 5.23. The molecule has 0 amide bonds. The Morgan fingerprint density at radius 3 is 2.29 bits per heavy atom. The quantitative estimate of drug-likeness (QED) is 0.875. The first-order chi connectivity index (χ1) is 9.91. The Kier molecular flexibility index (Phi) is 5.45. The van der Waals surface area contributed by atoms with Gasteiger partial charge in [0.25, 0.3) is 0 Å². The summed E-state index contributed by atoms with van der Waals surface area (Å²) in [6, 6.07) is 10.1. The fourth-order valence-corrected chi connectivity index (χ4v) is 3.42. The Morgan fingerprint density at radius 1 is 1.19 bits per heavy atom. The van der Waals surface area contributed by atoms with Crippen molar-refractivity contribution in [2.75, 3.05) is 20.6 Å². The highest BCUT2D eigenvalue weighted by atomic mass is 15.2. The van der Waals surface area contributed by atoms with E-state index in [0.717, 1.165) is 12.6 Å². The van der Waals surface area contributed by atoms with E-state index in [9.17, 15) is 0 Å². The van der Waals surface area contributed by atoms with E-state index in [1.54, 1.807) is 0 Å². The highest BCUT2D eigenvalue weighted by Crippen LogP contribution is 2.36. The minimum Gasteiger partial charge on any atom is -0.312 e. The smallest absolute Gasteiger partial charge is 0.0446 e. The highest BCUT2D eigenvalue weighted by molar-refractivity contribution is 5.24. The zero-order valence-corrected chi connectivity index (χ0v) is 14.4. The summed E-state index contributed by atoms with van der Waals surface area (Å²) >= 11 is 0. The Morgan fingerprint density at radius 2 is 1.76 bits per heavy atom. The molecule has 1 saturated carbocycles. The van der Waals surface area contributed by atoms with Crippen LogP contribution in [-0.2, 0) is 0 Å². The van der Waals surface area contributed by atoms with Crippen molar-refractivity contribution in [3.63, 3.8) is 0 Å². The van der Waals surface area contributed by atoms with Crippen LogP contribution in [0.2, 0.25) is 0 Å². The SMILES string of the molecule is CNC(CN(C)C1CCC(C)(C)CC1)c1ccc(C)cc1. The lowest BCUT2D eigenvalue weighted by Crippen LogP contribution is -2.41. The van der Waals surface area contributed by atoms with Gasteiger partial charge in [0, 0.05) is 18.6 Å². The number of benzene rings is 1. The van der Waals surface area contributed by atoms with Crippen LogP contribution in [0.3, 0.4) is 0 Å². The Hall–Kier alpha value is -0.860. The van der Waals surface area contributed by atoms with Crippen LogP contribution in [0.25, 0.3) is 0 Å². The lowest BCUT2D eigenvalue weighted by atomic mass is 9.75. The first-order valence-electron chi connectivity index (χ1n) is 8.35. The summed E-state index contributed by atoms with van der Waals surface area (Å²) in [6.07, 6.45) is 5.40. The van der Waals surface area contributed by atoms with Gasteiger partial charge in [-0.05, 0) is 57.7 Å². The highest BCUT2D eigenvalue weighted by Gasteiger charge is 2.29. The molecule has 2 nitrogen and oxygen atoms in total. The molecule has 2 rings (SSSR count). The maximum atomic E-state index is 3.48. The number of rotatable bonds is 5. The largest absolute Gasteiger partial charge is 0.312 e. The van der Waals surface area contributed by atoms with E-state index in [1.807, 2.05) is 0 Å². The van der Waals surface area contributed by atoms with E-state index in [4.69, 9.17) is 0 Å². The fraction of sp³-hybridized carbons (Fsp3) is 0.684. The van der Waals surface area contributed by atoms with E-state index >= 15 is 0 Å². The minimum atomic E-state index is 0.422. The molecule has 0 radical (unpaired) electrons. The van der Waals surface area contributed by atoms with Gasteiger partial charge in [-0.15, -0.1) is 0 Å². The Bertz CT molecular complexity index is 425. The van der Waals surface area contributed by atoms with Gasteiger partial charge in [0.2, 0.25) is 0 Å².